The van der Waals surface area contributed by atoms with Crippen LogP contribution < -0.4 is 0 Å². The highest BCUT2D eigenvalue weighted by Gasteiger charge is 1.95. The van der Waals surface area contributed by atoms with E-state index in [1.54, 1.807) is 13.8 Å². The second kappa shape index (κ2) is 8.72. The predicted molar refractivity (Wildman–Crippen MR) is 52.1 cm³/mol. The van der Waals surface area contributed by atoms with Crippen molar-refractivity contribution in [1.29, 1.82) is 0 Å². The summed E-state index contributed by atoms with van der Waals surface area (Å²) in [7, 11) is 0. The van der Waals surface area contributed by atoms with Crippen LogP contribution in [0, 0.1) is 5.92 Å². The van der Waals surface area contributed by atoms with Crippen LogP contribution in [-0.4, -0.2) is 17.0 Å². The SMILES string of the molecule is CC(=O)CC(C)C.CCC(C)O. The summed E-state index contributed by atoms with van der Waals surface area (Å²) in [6.07, 6.45) is 1.47. The first-order chi connectivity index (χ1) is 5.40. The molecule has 74 valence electrons. The Morgan fingerprint density at radius 1 is 1.33 bits per heavy atom. The van der Waals surface area contributed by atoms with Crippen LogP contribution in [-0.2, 0) is 4.79 Å². The van der Waals surface area contributed by atoms with Gasteiger partial charge in [-0.25, -0.2) is 0 Å². The molecule has 1 N–H and O–H groups in total. The summed E-state index contributed by atoms with van der Waals surface area (Å²) in [5.74, 6) is 0.813. The van der Waals surface area contributed by atoms with Crippen LogP contribution in [0.3, 0.4) is 0 Å². The molecule has 0 saturated carbocycles. The number of hydrogen-bond donors (Lipinski definition) is 1. The molecule has 0 bridgehead atoms. The van der Waals surface area contributed by atoms with Gasteiger partial charge in [0, 0.05) is 6.42 Å². The van der Waals surface area contributed by atoms with E-state index in [0.717, 1.165) is 12.8 Å². The Bertz CT molecular complexity index is 106. The third-order valence-corrected chi connectivity index (χ3v) is 1.29. The Morgan fingerprint density at radius 3 is 1.67 bits per heavy atom. The van der Waals surface area contributed by atoms with E-state index in [-0.39, 0.29) is 11.9 Å². The largest absolute Gasteiger partial charge is 0.393 e. The van der Waals surface area contributed by atoms with E-state index in [0.29, 0.717) is 5.92 Å². The maximum absolute atomic E-state index is 10.3. The van der Waals surface area contributed by atoms with Gasteiger partial charge in [0.25, 0.3) is 0 Å². The maximum Gasteiger partial charge on any atom is 0.130 e. The average Bonchev–Trinajstić information content (AvgIpc) is 1.85. The van der Waals surface area contributed by atoms with Crippen molar-refractivity contribution in [1.82, 2.24) is 0 Å². The van der Waals surface area contributed by atoms with Gasteiger partial charge in [-0.1, -0.05) is 20.8 Å². The van der Waals surface area contributed by atoms with E-state index >= 15 is 0 Å². The topological polar surface area (TPSA) is 37.3 Å². The van der Waals surface area contributed by atoms with Crippen LogP contribution >= 0.6 is 0 Å². The summed E-state index contributed by atoms with van der Waals surface area (Å²) in [4.78, 5) is 10.3. The van der Waals surface area contributed by atoms with E-state index in [2.05, 4.69) is 0 Å². The van der Waals surface area contributed by atoms with Crippen LogP contribution in [0.2, 0.25) is 0 Å². The maximum atomic E-state index is 10.3. The highest BCUT2D eigenvalue weighted by Crippen LogP contribution is 1.97. The van der Waals surface area contributed by atoms with Gasteiger partial charge in [0.1, 0.15) is 5.78 Å². The Balaban J connectivity index is 0. The molecule has 0 aromatic rings. The van der Waals surface area contributed by atoms with E-state index < -0.39 is 0 Å². The van der Waals surface area contributed by atoms with Crippen molar-refractivity contribution in [3.8, 4) is 0 Å². The van der Waals surface area contributed by atoms with Crippen molar-refractivity contribution in [2.24, 2.45) is 5.92 Å². The first-order valence-electron chi connectivity index (χ1n) is 4.57. The number of hydrogen-bond acceptors (Lipinski definition) is 2. The summed E-state index contributed by atoms with van der Waals surface area (Å²) in [6.45, 7) is 9.44. The molecule has 1 unspecified atom stereocenters. The highest BCUT2D eigenvalue weighted by molar-refractivity contribution is 5.75. The van der Waals surface area contributed by atoms with Crippen LogP contribution in [0.15, 0.2) is 0 Å². The quantitative estimate of drug-likeness (QED) is 0.713. The molecule has 0 aromatic heterocycles. The van der Waals surface area contributed by atoms with Gasteiger partial charge in [-0.05, 0) is 26.2 Å². The molecule has 1 atom stereocenters. The number of carbonyl (C=O) groups excluding carboxylic acids is 1. The minimum atomic E-state index is -0.116. The van der Waals surface area contributed by atoms with Crippen LogP contribution in [0.1, 0.15) is 47.5 Å². The Labute approximate surface area is 76.0 Å². The Morgan fingerprint density at radius 2 is 1.67 bits per heavy atom. The van der Waals surface area contributed by atoms with Gasteiger partial charge in [-0.2, -0.15) is 0 Å². The Kier molecular flexibility index (Phi) is 10.3. The van der Waals surface area contributed by atoms with Gasteiger partial charge in [0.2, 0.25) is 0 Å². The minimum Gasteiger partial charge on any atom is -0.393 e. The standard InChI is InChI=1S/C6H12O.C4H10O/c1-5(2)4-6(3)7;1-3-4(2)5/h5H,4H2,1-3H3;4-5H,3H2,1-2H3. The van der Waals surface area contributed by atoms with Crippen LogP contribution in [0.4, 0.5) is 0 Å². The normalized spacial score (nSPS) is 11.9. The van der Waals surface area contributed by atoms with Crippen molar-refractivity contribution in [2.75, 3.05) is 0 Å². The third-order valence-electron chi connectivity index (χ3n) is 1.29. The van der Waals surface area contributed by atoms with E-state index in [9.17, 15) is 4.79 Å². The average molecular weight is 174 g/mol. The van der Waals surface area contributed by atoms with Crippen molar-refractivity contribution < 1.29 is 9.90 Å². The molecule has 0 rings (SSSR count). The first-order valence-corrected chi connectivity index (χ1v) is 4.57. The van der Waals surface area contributed by atoms with Gasteiger partial charge in [-0.15, -0.1) is 0 Å². The summed E-state index contributed by atoms with van der Waals surface area (Å²) in [5, 5.41) is 8.36. The van der Waals surface area contributed by atoms with Gasteiger partial charge in [0.05, 0.1) is 6.10 Å². The Hall–Kier alpha value is -0.370. The highest BCUT2D eigenvalue weighted by atomic mass is 16.3. The third kappa shape index (κ3) is 22.6. The van der Waals surface area contributed by atoms with Crippen molar-refractivity contribution in [2.45, 2.75) is 53.6 Å². The molecule has 0 heterocycles. The van der Waals surface area contributed by atoms with Crippen LogP contribution in [0.5, 0.6) is 0 Å². The molecule has 2 nitrogen and oxygen atoms in total. The molecule has 0 radical (unpaired) electrons. The van der Waals surface area contributed by atoms with Gasteiger partial charge in [0.15, 0.2) is 0 Å². The molecular weight excluding hydrogens is 152 g/mol. The summed E-state index contributed by atoms with van der Waals surface area (Å²) in [5.41, 5.74) is 0. The predicted octanol–water partition coefficient (Wildman–Crippen LogP) is 2.40. The molecule has 0 amide bonds. The molecule has 0 aliphatic rings. The smallest absolute Gasteiger partial charge is 0.130 e. The lowest BCUT2D eigenvalue weighted by atomic mass is 10.1. The first kappa shape index (κ1) is 14.2. The molecule has 0 aliphatic heterocycles. The van der Waals surface area contributed by atoms with Crippen molar-refractivity contribution >= 4 is 5.78 Å². The number of ketones is 1. The van der Waals surface area contributed by atoms with Gasteiger partial charge >= 0.3 is 0 Å². The minimum absolute atomic E-state index is 0.116. The van der Waals surface area contributed by atoms with Gasteiger partial charge in [-0.3, -0.25) is 0 Å². The van der Waals surface area contributed by atoms with Crippen LogP contribution in [0.25, 0.3) is 0 Å². The zero-order valence-electron chi connectivity index (χ0n) is 8.92. The number of carbonyl (C=O) groups is 1. The van der Waals surface area contributed by atoms with Crippen molar-refractivity contribution in [3.05, 3.63) is 0 Å². The fourth-order valence-electron chi connectivity index (χ4n) is 0.575. The summed E-state index contributed by atoms with van der Waals surface area (Å²) < 4.78 is 0. The number of aliphatic hydroxyl groups is 1. The van der Waals surface area contributed by atoms with E-state index in [1.165, 1.54) is 0 Å². The number of rotatable bonds is 3. The molecule has 0 aliphatic carbocycles. The lowest BCUT2D eigenvalue weighted by Crippen LogP contribution is -1.95. The molecule has 0 spiro atoms. The second-order valence-corrected chi connectivity index (χ2v) is 3.56. The zero-order chi connectivity index (χ0) is 10.1. The molecule has 0 aromatic carbocycles. The molecular formula is C10H22O2. The second-order valence-electron chi connectivity index (χ2n) is 3.56. The zero-order valence-corrected chi connectivity index (χ0v) is 8.92. The molecule has 2 heteroatoms. The molecule has 0 saturated heterocycles. The van der Waals surface area contributed by atoms with Gasteiger partial charge < -0.3 is 9.90 Å². The van der Waals surface area contributed by atoms with Crippen molar-refractivity contribution in [3.63, 3.8) is 0 Å². The molecule has 12 heavy (non-hydrogen) atoms. The fourth-order valence-corrected chi connectivity index (χ4v) is 0.575. The number of Topliss-reactive ketones (excluding diaryl/α,β-unsaturated/α-hetero) is 1. The monoisotopic (exact) mass is 174 g/mol. The van der Waals surface area contributed by atoms with E-state index in [1.807, 2.05) is 20.8 Å². The summed E-state index contributed by atoms with van der Waals surface area (Å²) >= 11 is 0. The number of aliphatic hydroxyl groups excluding tert-OH is 1. The molecule has 0 fully saturated rings. The lowest BCUT2D eigenvalue weighted by Gasteiger charge is -1.95. The summed E-state index contributed by atoms with van der Waals surface area (Å²) in [6, 6.07) is 0. The van der Waals surface area contributed by atoms with E-state index in [4.69, 9.17) is 5.11 Å². The lowest BCUT2D eigenvalue weighted by molar-refractivity contribution is -0.117. The fraction of sp³-hybridized carbons (Fsp3) is 0.900.